The van der Waals surface area contributed by atoms with E-state index in [9.17, 15) is 0 Å². The quantitative estimate of drug-likeness (QED) is 0.828. The van der Waals surface area contributed by atoms with Gasteiger partial charge in [0.2, 0.25) is 5.75 Å². The maximum atomic E-state index is 5.46. The minimum atomic E-state index is 0.418. The van der Waals surface area contributed by atoms with Crippen molar-refractivity contribution in [3.8, 4) is 5.75 Å². The molecule has 1 aromatic heterocycles. The van der Waals surface area contributed by atoms with Crippen molar-refractivity contribution >= 4 is 11.6 Å². The van der Waals surface area contributed by atoms with Crippen molar-refractivity contribution in [2.75, 3.05) is 43.9 Å². The Morgan fingerprint density at radius 2 is 2.15 bits per heavy atom. The first-order chi connectivity index (χ1) is 9.78. The lowest BCUT2D eigenvalue weighted by Crippen LogP contribution is -2.42. The summed E-state index contributed by atoms with van der Waals surface area (Å²) in [5.74, 6) is 2.22. The van der Waals surface area contributed by atoms with Gasteiger partial charge in [0, 0.05) is 19.1 Å². The van der Waals surface area contributed by atoms with Gasteiger partial charge in [0.25, 0.3) is 0 Å². The summed E-state index contributed by atoms with van der Waals surface area (Å²) in [5, 5.41) is 6.70. The lowest BCUT2D eigenvalue weighted by Gasteiger charge is -2.32. The van der Waals surface area contributed by atoms with Gasteiger partial charge < -0.3 is 20.3 Å². The van der Waals surface area contributed by atoms with Crippen LogP contribution in [0, 0.1) is 0 Å². The highest BCUT2D eigenvalue weighted by molar-refractivity contribution is 5.63. The highest BCUT2D eigenvalue weighted by Gasteiger charge is 2.21. The normalized spacial score (nSPS) is 19.6. The predicted octanol–water partition coefficient (Wildman–Crippen LogP) is 1.81. The highest BCUT2D eigenvalue weighted by atomic mass is 16.5. The third kappa shape index (κ3) is 3.50. The zero-order valence-corrected chi connectivity index (χ0v) is 12.6. The van der Waals surface area contributed by atoms with Crippen LogP contribution in [0.25, 0.3) is 0 Å². The summed E-state index contributed by atoms with van der Waals surface area (Å²) in [7, 11) is 1.66. The fourth-order valence-corrected chi connectivity index (χ4v) is 2.62. The van der Waals surface area contributed by atoms with Gasteiger partial charge in [-0.05, 0) is 32.9 Å². The van der Waals surface area contributed by atoms with Crippen LogP contribution in [-0.4, -0.2) is 54.2 Å². The van der Waals surface area contributed by atoms with E-state index in [4.69, 9.17) is 4.74 Å². The second kappa shape index (κ2) is 7.28. The van der Waals surface area contributed by atoms with Gasteiger partial charge in [-0.15, -0.1) is 0 Å². The first-order valence-corrected chi connectivity index (χ1v) is 7.40. The van der Waals surface area contributed by atoms with Crippen LogP contribution in [-0.2, 0) is 0 Å². The summed E-state index contributed by atoms with van der Waals surface area (Å²) in [4.78, 5) is 11.0. The first kappa shape index (κ1) is 14.8. The van der Waals surface area contributed by atoms with Crippen molar-refractivity contribution in [2.45, 2.75) is 32.7 Å². The molecular weight excluding hydrogens is 254 g/mol. The van der Waals surface area contributed by atoms with Crippen molar-refractivity contribution < 1.29 is 4.74 Å². The number of likely N-dealkylation sites (tertiary alicyclic amines) is 1. The summed E-state index contributed by atoms with van der Waals surface area (Å²) in [6.07, 6.45) is 3.96. The lowest BCUT2D eigenvalue weighted by molar-refractivity contribution is 0.226. The molecule has 1 aliphatic rings. The van der Waals surface area contributed by atoms with Gasteiger partial charge in [-0.1, -0.05) is 6.92 Å². The van der Waals surface area contributed by atoms with E-state index in [0.29, 0.717) is 11.8 Å². The average molecular weight is 279 g/mol. The number of methoxy groups -OCH3 is 1. The second-order valence-electron chi connectivity index (χ2n) is 5.01. The molecule has 1 aliphatic heterocycles. The third-order valence-corrected chi connectivity index (χ3v) is 3.65. The molecule has 0 aromatic carbocycles. The second-order valence-corrected chi connectivity index (χ2v) is 5.01. The van der Waals surface area contributed by atoms with E-state index in [1.165, 1.54) is 19.4 Å². The molecule has 0 spiro atoms. The monoisotopic (exact) mass is 279 g/mol. The Morgan fingerprint density at radius 3 is 2.85 bits per heavy atom. The number of hydrogen-bond donors (Lipinski definition) is 2. The minimum absolute atomic E-state index is 0.418. The number of piperidine rings is 1. The number of hydrogen-bond acceptors (Lipinski definition) is 6. The summed E-state index contributed by atoms with van der Waals surface area (Å²) in [5.41, 5.74) is 0. The number of anilines is 2. The number of aromatic nitrogens is 2. The van der Waals surface area contributed by atoms with E-state index in [0.717, 1.165) is 31.3 Å². The van der Waals surface area contributed by atoms with E-state index in [1.807, 2.05) is 6.92 Å². The van der Waals surface area contributed by atoms with Crippen LogP contribution in [0.1, 0.15) is 26.7 Å². The first-order valence-electron chi connectivity index (χ1n) is 7.40. The van der Waals surface area contributed by atoms with Crippen molar-refractivity contribution in [1.82, 2.24) is 14.9 Å². The zero-order chi connectivity index (χ0) is 14.4. The molecule has 6 heteroatoms. The third-order valence-electron chi connectivity index (χ3n) is 3.65. The Balaban J connectivity index is 2.10. The Kier molecular flexibility index (Phi) is 5.40. The maximum absolute atomic E-state index is 5.46. The predicted molar refractivity (Wildman–Crippen MR) is 81.5 cm³/mol. The van der Waals surface area contributed by atoms with E-state index in [2.05, 4.69) is 32.4 Å². The molecule has 0 amide bonds. The van der Waals surface area contributed by atoms with Crippen LogP contribution in [0.2, 0.25) is 0 Å². The number of ether oxygens (including phenoxy) is 1. The summed E-state index contributed by atoms with van der Waals surface area (Å²) in [6.45, 7) is 8.39. The smallest absolute Gasteiger partial charge is 0.204 e. The lowest BCUT2D eigenvalue weighted by atomic mass is 10.1. The average Bonchev–Trinajstić information content (AvgIpc) is 2.48. The molecule has 112 valence electrons. The topological polar surface area (TPSA) is 62.3 Å². The van der Waals surface area contributed by atoms with Gasteiger partial charge in [-0.2, -0.15) is 0 Å². The maximum Gasteiger partial charge on any atom is 0.204 e. The molecule has 1 atom stereocenters. The number of nitrogens with zero attached hydrogens (tertiary/aromatic N) is 3. The van der Waals surface area contributed by atoms with Gasteiger partial charge in [0.05, 0.1) is 7.11 Å². The number of likely N-dealkylation sites (N-methyl/N-ethyl adjacent to an activating group) is 1. The number of nitrogens with one attached hydrogen (secondary N) is 2. The van der Waals surface area contributed by atoms with Crippen molar-refractivity contribution in [2.24, 2.45) is 0 Å². The molecule has 2 N–H and O–H groups in total. The zero-order valence-electron chi connectivity index (χ0n) is 12.6. The summed E-state index contributed by atoms with van der Waals surface area (Å²) in [6, 6.07) is 0.418. The van der Waals surface area contributed by atoms with Crippen LogP contribution in [0.4, 0.5) is 11.6 Å². The Morgan fingerprint density at radius 1 is 1.35 bits per heavy atom. The molecule has 0 aliphatic carbocycles. The Hall–Kier alpha value is -1.56. The van der Waals surface area contributed by atoms with E-state index in [1.54, 1.807) is 13.4 Å². The molecule has 1 unspecified atom stereocenters. The molecule has 1 aromatic rings. The standard InChI is InChI=1S/C14H25N5O/c1-4-15-13-12(20-3)14(17-10-16-13)18-11-7-6-8-19(5-2)9-11/h10-11H,4-9H2,1-3H3,(H2,15,16,17,18). The molecule has 6 nitrogen and oxygen atoms in total. The van der Waals surface area contributed by atoms with Crippen molar-refractivity contribution in [3.05, 3.63) is 6.33 Å². The van der Waals surface area contributed by atoms with Crippen molar-refractivity contribution in [1.29, 1.82) is 0 Å². The number of rotatable bonds is 6. The fourth-order valence-electron chi connectivity index (χ4n) is 2.62. The molecule has 1 fully saturated rings. The Labute approximate surface area is 120 Å². The summed E-state index contributed by atoms with van der Waals surface area (Å²) >= 11 is 0. The van der Waals surface area contributed by atoms with Crippen LogP contribution in [0.15, 0.2) is 6.33 Å². The molecule has 20 heavy (non-hydrogen) atoms. The van der Waals surface area contributed by atoms with Gasteiger partial charge in [0.15, 0.2) is 11.6 Å². The van der Waals surface area contributed by atoms with Gasteiger partial charge >= 0.3 is 0 Å². The molecule has 1 saturated heterocycles. The molecule has 2 heterocycles. The molecule has 0 radical (unpaired) electrons. The van der Waals surface area contributed by atoms with E-state index in [-0.39, 0.29) is 0 Å². The van der Waals surface area contributed by atoms with Crippen LogP contribution >= 0.6 is 0 Å². The van der Waals surface area contributed by atoms with Crippen LogP contribution < -0.4 is 15.4 Å². The van der Waals surface area contributed by atoms with E-state index < -0.39 is 0 Å². The van der Waals surface area contributed by atoms with Gasteiger partial charge in [-0.3, -0.25) is 0 Å². The van der Waals surface area contributed by atoms with Gasteiger partial charge in [0.1, 0.15) is 6.33 Å². The molecular formula is C14H25N5O. The van der Waals surface area contributed by atoms with Gasteiger partial charge in [-0.25, -0.2) is 9.97 Å². The Bertz CT molecular complexity index is 426. The molecule has 0 saturated carbocycles. The summed E-state index contributed by atoms with van der Waals surface area (Å²) < 4.78 is 5.46. The van der Waals surface area contributed by atoms with Crippen molar-refractivity contribution in [3.63, 3.8) is 0 Å². The SMILES string of the molecule is CCNc1ncnc(NC2CCCN(CC)C2)c1OC. The fraction of sp³-hybridized carbons (Fsp3) is 0.714. The highest BCUT2D eigenvalue weighted by Crippen LogP contribution is 2.30. The molecule has 2 rings (SSSR count). The van der Waals surface area contributed by atoms with Crippen LogP contribution in [0.3, 0.4) is 0 Å². The van der Waals surface area contributed by atoms with E-state index >= 15 is 0 Å². The largest absolute Gasteiger partial charge is 0.490 e. The molecule has 0 bridgehead atoms. The van der Waals surface area contributed by atoms with Crippen LogP contribution in [0.5, 0.6) is 5.75 Å². The minimum Gasteiger partial charge on any atom is -0.490 e.